The molecule has 0 N–H and O–H groups in total. The summed E-state index contributed by atoms with van der Waals surface area (Å²) in [5.74, 6) is 0.00694. The predicted molar refractivity (Wildman–Crippen MR) is 52.4 cm³/mol. The van der Waals surface area contributed by atoms with Gasteiger partial charge in [0.1, 0.15) is 0 Å². The van der Waals surface area contributed by atoms with Gasteiger partial charge in [0.15, 0.2) is 5.78 Å². The Hall–Kier alpha value is -1.18. The van der Waals surface area contributed by atoms with Gasteiger partial charge in [0.2, 0.25) is 0 Å². The third-order valence-corrected chi connectivity index (χ3v) is 1.29. The fourth-order valence-corrected chi connectivity index (χ4v) is 0.695. The molecule has 0 saturated heterocycles. The standard InChI is InChI=1S/C10H15NO/c1-7(2)10(9(5)12)6-11-8(3)4/h6H,1H2,2-5H3/b10-6+. The monoisotopic (exact) mass is 165 g/mol. The minimum absolute atomic E-state index is 0.00694. The van der Waals surface area contributed by atoms with Crippen LogP contribution in [-0.2, 0) is 4.79 Å². The van der Waals surface area contributed by atoms with Crippen molar-refractivity contribution in [2.24, 2.45) is 4.99 Å². The fraction of sp³-hybridized carbons (Fsp3) is 0.400. The quantitative estimate of drug-likeness (QED) is 0.359. The van der Waals surface area contributed by atoms with E-state index in [4.69, 9.17) is 0 Å². The summed E-state index contributed by atoms with van der Waals surface area (Å²) in [6, 6.07) is 0. The average Bonchev–Trinajstić information content (AvgIpc) is 1.84. The molecular weight excluding hydrogens is 150 g/mol. The Morgan fingerprint density at radius 2 is 1.75 bits per heavy atom. The van der Waals surface area contributed by atoms with Crippen LogP contribution in [0.5, 0.6) is 0 Å². The van der Waals surface area contributed by atoms with E-state index in [1.165, 1.54) is 6.92 Å². The lowest BCUT2D eigenvalue weighted by Gasteiger charge is -1.98. The highest BCUT2D eigenvalue weighted by Gasteiger charge is 2.02. The molecule has 0 unspecified atom stereocenters. The van der Waals surface area contributed by atoms with Crippen molar-refractivity contribution in [2.45, 2.75) is 27.7 Å². The summed E-state index contributed by atoms with van der Waals surface area (Å²) in [7, 11) is 0. The molecular formula is C10H15NO. The smallest absolute Gasteiger partial charge is 0.161 e. The van der Waals surface area contributed by atoms with Gasteiger partial charge in [-0.2, -0.15) is 0 Å². The van der Waals surface area contributed by atoms with Crippen molar-refractivity contribution < 1.29 is 4.79 Å². The lowest BCUT2D eigenvalue weighted by atomic mass is 10.1. The van der Waals surface area contributed by atoms with E-state index in [0.29, 0.717) is 5.57 Å². The summed E-state index contributed by atoms with van der Waals surface area (Å²) in [6.45, 7) is 10.8. The highest BCUT2D eigenvalue weighted by molar-refractivity contribution is 5.97. The Labute approximate surface area is 73.7 Å². The van der Waals surface area contributed by atoms with Crippen LogP contribution in [0.2, 0.25) is 0 Å². The fourth-order valence-electron chi connectivity index (χ4n) is 0.695. The first kappa shape index (κ1) is 10.8. The molecule has 0 aliphatic carbocycles. The van der Waals surface area contributed by atoms with Crippen LogP contribution >= 0.6 is 0 Å². The van der Waals surface area contributed by atoms with E-state index >= 15 is 0 Å². The molecule has 0 radical (unpaired) electrons. The zero-order chi connectivity index (χ0) is 9.72. The van der Waals surface area contributed by atoms with Gasteiger partial charge in [0.05, 0.1) is 0 Å². The molecule has 0 heterocycles. The first-order chi connectivity index (χ1) is 5.45. The molecule has 0 saturated carbocycles. The molecule has 0 aliphatic heterocycles. The Morgan fingerprint density at radius 3 is 2.00 bits per heavy atom. The Bertz CT molecular complexity index is 239. The maximum Gasteiger partial charge on any atom is 0.161 e. The SMILES string of the molecule is C=C(C)/C(=C\N=C(C)C)C(C)=O. The Balaban J connectivity index is 4.75. The summed E-state index contributed by atoms with van der Waals surface area (Å²) in [6.07, 6.45) is 1.57. The number of nitrogens with zero attached hydrogens (tertiary/aromatic N) is 1. The second-order valence-corrected chi connectivity index (χ2v) is 2.96. The molecule has 0 amide bonds. The molecule has 2 nitrogen and oxygen atoms in total. The number of aliphatic imine (C=N–C) groups is 1. The van der Waals surface area contributed by atoms with E-state index in [1.807, 2.05) is 13.8 Å². The van der Waals surface area contributed by atoms with E-state index < -0.39 is 0 Å². The number of carbonyl (C=O) groups is 1. The van der Waals surface area contributed by atoms with E-state index in [1.54, 1.807) is 13.1 Å². The zero-order valence-electron chi connectivity index (χ0n) is 8.14. The molecule has 0 aromatic carbocycles. The summed E-state index contributed by atoms with van der Waals surface area (Å²) in [4.78, 5) is 15.0. The lowest BCUT2D eigenvalue weighted by molar-refractivity contribution is -0.113. The first-order valence-electron chi connectivity index (χ1n) is 3.83. The molecule has 2 heteroatoms. The number of hydrogen-bond donors (Lipinski definition) is 0. The van der Waals surface area contributed by atoms with Crippen molar-refractivity contribution in [3.8, 4) is 0 Å². The van der Waals surface area contributed by atoms with Crippen molar-refractivity contribution in [2.75, 3.05) is 0 Å². The number of carbonyl (C=O) groups excluding carboxylic acids is 1. The third-order valence-electron chi connectivity index (χ3n) is 1.29. The predicted octanol–water partition coefficient (Wildman–Crippen LogP) is 2.52. The molecule has 12 heavy (non-hydrogen) atoms. The van der Waals surface area contributed by atoms with Crippen LogP contribution in [0.25, 0.3) is 0 Å². The van der Waals surface area contributed by atoms with Gasteiger partial charge in [-0.05, 0) is 33.3 Å². The van der Waals surface area contributed by atoms with Crippen molar-refractivity contribution in [1.82, 2.24) is 0 Å². The normalized spacial score (nSPS) is 10.8. The summed E-state index contributed by atoms with van der Waals surface area (Å²) < 4.78 is 0. The molecule has 0 aromatic rings. The molecule has 0 bridgehead atoms. The van der Waals surface area contributed by atoms with Gasteiger partial charge in [-0.15, -0.1) is 0 Å². The van der Waals surface area contributed by atoms with Crippen LogP contribution in [0, 0.1) is 0 Å². The van der Waals surface area contributed by atoms with Crippen LogP contribution in [0.15, 0.2) is 28.9 Å². The van der Waals surface area contributed by atoms with Gasteiger partial charge in [0, 0.05) is 17.5 Å². The van der Waals surface area contributed by atoms with E-state index in [2.05, 4.69) is 11.6 Å². The van der Waals surface area contributed by atoms with Gasteiger partial charge in [-0.3, -0.25) is 9.79 Å². The summed E-state index contributed by atoms with van der Waals surface area (Å²) in [5, 5.41) is 0. The largest absolute Gasteiger partial charge is 0.294 e. The van der Waals surface area contributed by atoms with Gasteiger partial charge >= 0.3 is 0 Å². The van der Waals surface area contributed by atoms with Crippen molar-refractivity contribution in [3.63, 3.8) is 0 Å². The molecule has 66 valence electrons. The second-order valence-electron chi connectivity index (χ2n) is 2.96. The Morgan fingerprint density at radius 1 is 1.25 bits per heavy atom. The number of ketones is 1. The van der Waals surface area contributed by atoms with Crippen molar-refractivity contribution in [3.05, 3.63) is 23.9 Å². The lowest BCUT2D eigenvalue weighted by Crippen LogP contribution is -1.96. The number of rotatable bonds is 3. The van der Waals surface area contributed by atoms with Gasteiger partial charge in [0.25, 0.3) is 0 Å². The molecule has 0 fully saturated rings. The van der Waals surface area contributed by atoms with Crippen LogP contribution in [-0.4, -0.2) is 11.5 Å². The van der Waals surface area contributed by atoms with Gasteiger partial charge in [-0.1, -0.05) is 6.58 Å². The van der Waals surface area contributed by atoms with Crippen LogP contribution in [0.3, 0.4) is 0 Å². The number of allylic oxidation sites excluding steroid dienone is 2. The number of hydrogen-bond acceptors (Lipinski definition) is 2. The molecule has 0 spiro atoms. The van der Waals surface area contributed by atoms with Crippen LogP contribution in [0.4, 0.5) is 0 Å². The number of Topliss-reactive ketones (excluding diaryl/α,β-unsaturated/α-hetero) is 1. The van der Waals surface area contributed by atoms with E-state index in [9.17, 15) is 4.79 Å². The topological polar surface area (TPSA) is 29.4 Å². The minimum atomic E-state index is 0.00694. The summed E-state index contributed by atoms with van der Waals surface area (Å²) in [5.41, 5.74) is 2.28. The van der Waals surface area contributed by atoms with Gasteiger partial charge < -0.3 is 0 Å². The van der Waals surface area contributed by atoms with Gasteiger partial charge in [-0.25, -0.2) is 0 Å². The molecule has 0 rings (SSSR count). The highest BCUT2D eigenvalue weighted by atomic mass is 16.1. The summed E-state index contributed by atoms with van der Waals surface area (Å²) >= 11 is 0. The van der Waals surface area contributed by atoms with E-state index in [-0.39, 0.29) is 5.78 Å². The zero-order valence-corrected chi connectivity index (χ0v) is 8.14. The average molecular weight is 165 g/mol. The van der Waals surface area contributed by atoms with Crippen LogP contribution < -0.4 is 0 Å². The van der Waals surface area contributed by atoms with Crippen LogP contribution in [0.1, 0.15) is 27.7 Å². The van der Waals surface area contributed by atoms with E-state index in [0.717, 1.165) is 11.3 Å². The van der Waals surface area contributed by atoms with Crippen molar-refractivity contribution in [1.29, 1.82) is 0 Å². The van der Waals surface area contributed by atoms with Crippen molar-refractivity contribution >= 4 is 11.5 Å². The third kappa shape index (κ3) is 3.86. The Kier molecular flexibility index (Phi) is 4.19. The first-order valence-corrected chi connectivity index (χ1v) is 3.83. The molecule has 0 atom stereocenters. The maximum atomic E-state index is 11.0. The second kappa shape index (κ2) is 4.65. The maximum absolute atomic E-state index is 11.0. The molecule has 0 aromatic heterocycles. The minimum Gasteiger partial charge on any atom is -0.294 e. The molecule has 0 aliphatic rings. The highest BCUT2D eigenvalue weighted by Crippen LogP contribution is 2.07.